The van der Waals surface area contributed by atoms with E-state index in [1.165, 1.54) is 6.92 Å². The first-order valence-electron chi connectivity index (χ1n) is 5.64. The van der Waals surface area contributed by atoms with Gasteiger partial charge < -0.3 is 10.1 Å². The lowest BCUT2D eigenvalue weighted by Gasteiger charge is -2.01. The number of benzene rings is 1. The van der Waals surface area contributed by atoms with Crippen molar-refractivity contribution in [1.29, 1.82) is 0 Å². The van der Waals surface area contributed by atoms with Crippen LogP contribution in [0.4, 0.5) is 0 Å². The predicted molar refractivity (Wildman–Crippen MR) is 68.0 cm³/mol. The van der Waals surface area contributed by atoms with E-state index in [4.69, 9.17) is 4.74 Å². The number of hydrogen-bond donors (Lipinski definition) is 1. The summed E-state index contributed by atoms with van der Waals surface area (Å²) in [6, 6.07) is 6.88. The molecule has 0 heterocycles. The molecule has 1 aromatic carbocycles. The number of rotatable bonds is 3. The first-order valence-corrected chi connectivity index (χ1v) is 5.64. The summed E-state index contributed by atoms with van der Waals surface area (Å²) in [5.41, 5.74) is 1.19. The molecule has 4 heteroatoms. The van der Waals surface area contributed by atoms with E-state index in [0.29, 0.717) is 24.3 Å². The predicted octanol–water partition coefficient (Wildman–Crippen LogP) is 1.35. The van der Waals surface area contributed by atoms with E-state index in [9.17, 15) is 9.59 Å². The Morgan fingerprint density at radius 1 is 1.39 bits per heavy atom. The summed E-state index contributed by atoms with van der Waals surface area (Å²) in [5.74, 6) is 5.18. The standard InChI is InChI=1S/C14H15NO3/c1-3-18-14(17)13-8-4-6-12(10-13)7-5-9-15-11(2)16/h4,6,8,10H,3,9H2,1-2H3,(H,15,16). The highest BCUT2D eigenvalue weighted by Crippen LogP contribution is 2.05. The van der Waals surface area contributed by atoms with Gasteiger partial charge in [-0.2, -0.15) is 0 Å². The van der Waals surface area contributed by atoms with Gasteiger partial charge in [-0.3, -0.25) is 4.79 Å². The van der Waals surface area contributed by atoms with Crippen LogP contribution in [0.2, 0.25) is 0 Å². The van der Waals surface area contributed by atoms with Crippen LogP contribution in [0.25, 0.3) is 0 Å². The second kappa shape index (κ2) is 7.13. The highest BCUT2D eigenvalue weighted by Gasteiger charge is 2.05. The monoisotopic (exact) mass is 245 g/mol. The van der Waals surface area contributed by atoms with E-state index in [2.05, 4.69) is 17.2 Å². The average Bonchev–Trinajstić information content (AvgIpc) is 2.35. The van der Waals surface area contributed by atoms with Crippen LogP contribution in [-0.4, -0.2) is 25.0 Å². The van der Waals surface area contributed by atoms with Crippen LogP contribution in [-0.2, 0) is 9.53 Å². The largest absolute Gasteiger partial charge is 0.462 e. The van der Waals surface area contributed by atoms with Crippen molar-refractivity contribution >= 4 is 11.9 Å². The fourth-order valence-corrected chi connectivity index (χ4v) is 1.25. The summed E-state index contributed by atoms with van der Waals surface area (Å²) in [6.45, 7) is 3.83. The molecule has 0 spiro atoms. The fraction of sp³-hybridized carbons (Fsp3) is 0.286. The molecular formula is C14H15NO3. The van der Waals surface area contributed by atoms with Gasteiger partial charge in [0.15, 0.2) is 0 Å². The zero-order valence-electron chi connectivity index (χ0n) is 10.4. The summed E-state index contributed by atoms with van der Waals surface area (Å²) in [6.07, 6.45) is 0. The lowest BCUT2D eigenvalue weighted by atomic mass is 10.1. The normalized spacial score (nSPS) is 9.00. The van der Waals surface area contributed by atoms with E-state index < -0.39 is 0 Å². The van der Waals surface area contributed by atoms with Crippen LogP contribution < -0.4 is 5.32 Å². The minimum absolute atomic E-state index is 0.121. The van der Waals surface area contributed by atoms with Crippen molar-refractivity contribution in [3.63, 3.8) is 0 Å². The van der Waals surface area contributed by atoms with Crippen molar-refractivity contribution < 1.29 is 14.3 Å². The van der Waals surface area contributed by atoms with Gasteiger partial charge in [0, 0.05) is 12.5 Å². The molecule has 1 N–H and O–H groups in total. The fourth-order valence-electron chi connectivity index (χ4n) is 1.25. The molecule has 0 radical (unpaired) electrons. The average molecular weight is 245 g/mol. The summed E-state index contributed by atoms with van der Waals surface area (Å²) in [7, 11) is 0. The number of carbonyl (C=O) groups excluding carboxylic acids is 2. The van der Waals surface area contributed by atoms with Gasteiger partial charge in [0.2, 0.25) is 5.91 Å². The molecule has 0 aliphatic heterocycles. The number of ether oxygens (including phenoxy) is 1. The summed E-state index contributed by atoms with van der Waals surface area (Å²) >= 11 is 0. The van der Waals surface area contributed by atoms with Crippen LogP contribution in [0, 0.1) is 11.8 Å². The zero-order chi connectivity index (χ0) is 13.4. The molecule has 0 saturated carbocycles. The topological polar surface area (TPSA) is 55.4 Å². The molecular weight excluding hydrogens is 230 g/mol. The molecule has 0 atom stereocenters. The Morgan fingerprint density at radius 2 is 2.17 bits per heavy atom. The van der Waals surface area contributed by atoms with Gasteiger partial charge in [0.1, 0.15) is 0 Å². The molecule has 4 nitrogen and oxygen atoms in total. The Morgan fingerprint density at radius 3 is 2.83 bits per heavy atom. The second-order valence-electron chi connectivity index (χ2n) is 3.51. The number of esters is 1. The minimum atomic E-state index is -0.358. The second-order valence-corrected chi connectivity index (χ2v) is 3.51. The van der Waals surface area contributed by atoms with Crippen LogP contribution in [0.5, 0.6) is 0 Å². The quantitative estimate of drug-likeness (QED) is 0.646. The maximum Gasteiger partial charge on any atom is 0.338 e. The van der Waals surface area contributed by atoms with Crippen molar-refractivity contribution in [1.82, 2.24) is 5.32 Å². The molecule has 0 unspecified atom stereocenters. The lowest BCUT2D eigenvalue weighted by Crippen LogP contribution is -2.19. The maximum absolute atomic E-state index is 11.5. The third-order valence-corrected chi connectivity index (χ3v) is 2.03. The molecule has 0 aliphatic rings. The van der Waals surface area contributed by atoms with Gasteiger partial charge in [0.25, 0.3) is 0 Å². The molecule has 0 fully saturated rings. The van der Waals surface area contributed by atoms with Gasteiger partial charge in [-0.15, -0.1) is 0 Å². The molecule has 0 saturated heterocycles. The molecule has 0 aromatic heterocycles. The Labute approximate surface area is 106 Å². The lowest BCUT2D eigenvalue weighted by molar-refractivity contribution is -0.118. The summed E-state index contributed by atoms with van der Waals surface area (Å²) in [5, 5.41) is 2.57. The van der Waals surface area contributed by atoms with Gasteiger partial charge in [-0.05, 0) is 25.1 Å². The Hall–Kier alpha value is -2.28. The first-order chi connectivity index (χ1) is 8.63. The first kappa shape index (κ1) is 13.8. The van der Waals surface area contributed by atoms with Crippen LogP contribution in [0.3, 0.4) is 0 Å². The number of nitrogens with one attached hydrogen (secondary N) is 1. The molecule has 1 aromatic rings. The molecule has 1 amide bonds. The number of hydrogen-bond acceptors (Lipinski definition) is 3. The third-order valence-electron chi connectivity index (χ3n) is 2.03. The van der Waals surface area contributed by atoms with E-state index in [1.54, 1.807) is 31.2 Å². The van der Waals surface area contributed by atoms with E-state index >= 15 is 0 Å². The van der Waals surface area contributed by atoms with Gasteiger partial charge in [-0.25, -0.2) is 4.79 Å². The number of carbonyl (C=O) groups is 2. The van der Waals surface area contributed by atoms with E-state index in [-0.39, 0.29) is 11.9 Å². The van der Waals surface area contributed by atoms with Gasteiger partial charge >= 0.3 is 5.97 Å². The van der Waals surface area contributed by atoms with Crippen molar-refractivity contribution in [3.8, 4) is 11.8 Å². The van der Waals surface area contributed by atoms with Gasteiger partial charge in [-0.1, -0.05) is 17.9 Å². The Bertz CT molecular complexity index is 497. The highest BCUT2D eigenvalue weighted by molar-refractivity contribution is 5.89. The number of amides is 1. The highest BCUT2D eigenvalue weighted by atomic mass is 16.5. The van der Waals surface area contributed by atoms with Crippen LogP contribution >= 0.6 is 0 Å². The van der Waals surface area contributed by atoms with Crippen LogP contribution in [0.1, 0.15) is 29.8 Å². The Balaban J connectivity index is 2.70. The van der Waals surface area contributed by atoms with Crippen molar-refractivity contribution in [2.45, 2.75) is 13.8 Å². The maximum atomic E-state index is 11.5. The molecule has 1 rings (SSSR count). The van der Waals surface area contributed by atoms with E-state index in [1.807, 2.05) is 0 Å². The SMILES string of the molecule is CCOC(=O)c1cccc(C#CCNC(C)=O)c1. The summed E-state index contributed by atoms with van der Waals surface area (Å²) in [4.78, 5) is 22.1. The van der Waals surface area contributed by atoms with Crippen molar-refractivity contribution in [2.75, 3.05) is 13.2 Å². The molecule has 18 heavy (non-hydrogen) atoms. The third kappa shape index (κ3) is 4.71. The van der Waals surface area contributed by atoms with Crippen LogP contribution in [0.15, 0.2) is 24.3 Å². The van der Waals surface area contributed by atoms with E-state index in [0.717, 1.165) is 0 Å². The zero-order valence-corrected chi connectivity index (χ0v) is 10.4. The summed E-state index contributed by atoms with van der Waals surface area (Å²) < 4.78 is 4.90. The smallest absolute Gasteiger partial charge is 0.338 e. The molecule has 0 aliphatic carbocycles. The molecule has 94 valence electrons. The van der Waals surface area contributed by atoms with Crippen molar-refractivity contribution in [3.05, 3.63) is 35.4 Å². The van der Waals surface area contributed by atoms with Crippen molar-refractivity contribution in [2.24, 2.45) is 0 Å². The minimum Gasteiger partial charge on any atom is -0.462 e. The molecule has 0 bridgehead atoms. The van der Waals surface area contributed by atoms with Gasteiger partial charge in [0.05, 0.1) is 18.7 Å². The Kier molecular flexibility index (Phi) is 5.46.